The van der Waals surface area contributed by atoms with Gasteiger partial charge in [-0.15, -0.1) is 11.3 Å². The van der Waals surface area contributed by atoms with Crippen LogP contribution in [-0.4, -0.2) is 30.1 Å². The molecular weight excluding hydrogens is 326 g/mol. The summed E-state index contributed by atoms with van der Waals surface area (Å²) in [5, 5.41) is 12.7. The molecule has 22 heavy (non-hydrogen) atoms. The molecule has 0 radical (unpaired) electrons. The second-order valence-corrected chi connectivity index (χ2v) is 6.57. The third kappa shape index (κ3) is 3.18. The highest BCUT2D eigenvalue weighted by atomic mass is 35.5. The maximum atomic E-state index is 12.3. The average Bonchev–Trinajstić information content (AvgIpc) is 2.80. The van der Waals surface area contributed by atoms with Gasteiger partial charge in [0, 0.05) is 10.1 Å². The number of thiophene rings is 1. The molecule has 1 aromatic carbocycles. The van der Waals surface area contributed by atoms with Gasteiger partial charge in [-0.05, 0) is 24.1 Å². The number of carboxylic acids is 1. The molecule has 2 aromatic rings. The van der Waals surface area contributed by atoms with Crippen molar-refractivity contribution in [2.75, 3.05) is 7.11 Å². The maximum absolute atomic E-state index is 12.3. The molecule has 1 heterocycles. The number of nitrogens with one attached hydrogen (secondary N) is 1. The van der Waals surface area contributed by atoms with Crippen molar-refractivity contribution in [2.45, 2.75) is 19.9 Å². The molecule has 1 unspecified atom stereocenters. The SMILES string of the molecule is COc1ccc2sc(C(=O)NC(C(=O)O)C(C)C)c(Cl)c2c1. The van der Waals surface area contributed by atoms with Crippen LogP contribution in [0.5, 0.6) is 5.75 Å². The van der Waals surface area contributed by atoms with Crippen molar-refractivity contribution < 1.29 is 19.4 Å². The summed E-state index contributed by atoms with van der Waals surface area (Å²) in [6.45, 7) is 3.47. The Balaban J connectivity index is 2.36. The first kappa shape index (κ1) is 16.6. The van der Waals surface area contributed by atoms with Crippen LogP contribution in [0.1, 0.15) is 23.5 Å². The van der Waals surface area contributed by atoms with Crippen molar-refractivity contribution in [3.05, 3.63) is 28.1 Å². The zero-order valence-corrected chi connectivity index (χ0v) is 13.9. The van der Waals surface area contributed by atoms with Gasteiger partial charge in [-0.1, -0.05) is 25.4 Å². The fourth-order valence-corrected chi connectivity index (χ4v) is 3.43. The molecule has 118 valence electrons. The molecule has 1 amide bonds. The van der Waals surface area contributed by atoms with E-state index in [0.717, 1.165) is 4.70 Å². The highest BCUT2D eigenvalue weighted by Crippen LogP contribution is 2.37. The van der Waals surface area contributed by atoms with E-state index in [9.17, 15) is 9.59 Å². The lowest BCUT2D eigenvalue weighted by atomic mass is 10.0. The van der Waals surface area contributed by atoms with Crippen LogP contribution in [0.2, 0.25) is 5.02 Å². The smallest absolute Gasteiger partial charge is 0.326 e. The molecule has 2 rings (SSSR count). The average molecular weight is 342 g/mol. The van der Waals surface area contributed by atoms with E-state index in [4.69, 9.17) is 21.4 Å². The van der Waals surface area contributed by atoms with Gasteiger partial charge in [0.25, 0.3) is 5.91 Å². The summed E-state index contributed by atoms with van der Waals surface area (Å²) < 4.78 is 5.98. The lowest BCUT2D eigenvalue weighted by Crippen LogP contribution is -2.44. The molecule has 1 aromatic heterocycles. The Morgan fingerprint density at radius 1 is 1.36 bits per heavy atom. The predicted molar refractivity (Wildman–Crippen MR) is 87.1 cm³/mol. The second kappa shape index (κ2) is 6.54. The zero-order valence-electron chi connectivity index (χ0n) is 12.3. The quantitative estimate of drug-likeness (QED) is 0.874. The minimum Gasteiger partial charge on any atom is -0.497 e. The number of halogens is 1. The molecule has 0 saturated carbocycles. The number of methoxy groups -OCH3 is 1. The number of aliphatic carboxylic acids is 1. The van der Waals surface area contributed by atoms with Gasteiger partial charge in [0.05, 0.1) is 12.1 Å². The second-order valence-electron chi connectivity index (χ2n) is 5.14. The van der Waals surface area contributed by atoms with E-state index in [2.05, 4.69) is 5.32 Å². The van der Waals surface area contributed by atoms with Crippen LogP contribution in [0.3, 0.4) is 0 Å². The largest absolute Gasteiger partial charge is 0.497 e. The summed E-state index contributed by atoms with van der Waals surface area (Å²) in [6, 6.07) is 4.40. The highest BCUT2D eigenvalue weighted by Gasteiger charge is 2.26. The molecule has 0 fully saturated rings. The van der Waals surface area contributed by atoms with Crippen molar-refractivity contribution >= 4 is 44.9 Å². The Hall–Kier alpha value is -1.79. The Labute approximate surface area is 136 Å². The van der Waals surface area contributed by atoms with Gasteiger partial charge in [-0.2, -0.15) is 0 Å². The number of hydrogen-bond acceptors (Lipinski definition) is 4. The molecule has 0 saturated heterocycles. The van der Waals surface area contributed by atoms with Crippen molar-refractivity contribution in [3.63, 3.8) is 0 Å². The fraction of sp³-hybridized carbons (Fsp3) is 0.333. The molecule has 7 heteroatoms. The molecule has 0 aliphatic rings. The Morgan fingerprint density at radius 2 is 2.05 bits per heavy atom. The number of carbonyl (C=O) groups is 2. The van der Waals surface area contributed by atoms with Gasteiger partial charge in [0.2, 0.25) is 0 Å². The van der Waals surface area contributed by atoms with Crippen molar-refractivity contribution in [1.29, 1.82) is 0 Å². The Morgan fingerprint density at radius 3 is 2.59 bits per heavy atom. The van der Waals surface area contributed by atoms with Crippen LogP contribution in [0.15, 0.2) is 18.2 Å². The van der Waals surface area contributed by atoms with Crippen molar-refractivity contribution in [1.82, 2.24) is 5.32 Å². The zero-order chi connectivity index (χ0) is 16.4. The van der Waals surface area contributed by atoms with E-state index < -0.39 is 17.9 Å². The lowest BCUT2D eigenvalue weighted by Gasteiger charge is -2.17. The third-order valence-corrected chi connectivity index (χ3v) is 4.93. The van der Waals surface area contributed by atoms with Crippen LogP contribution in [0, 0.1) is 5.92 Å². The van der Waals surface area contributed by atoms with E-state index in [1.165, 1.54) is 11.3 Å². The summed E-state index contributed by atoms with van der Waals surface area (Å²) in [4.78, 5) is 23.8. The number of amides is 1. The van der Waals surface area contributed by atoms with Gasteiger partial charge in [-0.25, -0.2) is 4.79 Å². The fourth-order valence-electron chi connectivity index (χ4n) is 2.04. The van der Waals surface area contributed by atoms with E-state index in [0.29, 0.717) is 21.0 Å². The lowest BCUT2D eigenvalue weighted by molar-refractivity contribution is -0.140. The van der Waals surface area contributed by atoms with Crippen LogP contribution in [-0.2, 0) is 4.79 Å². The van der Waals surface area contributed by atoms with Crippen LogP contribution < -0.4 is 10.1 Å². The van der Waals surface area contributed by atoms with Gasteiger partial charge in [0.15, 0.2) is 0 Å². The maximum Gasteiger partial charge on any atom is 0.326 e. The van der Waals surface area contributed by atoms with Gasteiger partial charge in [0.1, 0.15) is 16.7 Å². The van der Waals surface area contributed by atoms with E-state index in [1.807, 2.05) is 6.07 Å². The number of hydrogen-bond donors (Lipinski definition) is 2. The third-order valence-electron chi connectivity index (χ3n) is 3.26. The standard InChI is InChI=1S/C15H16ClNO4S/c1-7(2)12(15(19)20)17-14(18)13-11(16)9-6-8(21-3)4-5-10(9)22-13/h4-7,12H,1-3H3,(H,17,18)(H,19,20). The topological polar surface area (TPSA) is 75.6 Å². The predicted octanol–water partition coefficient (Wildman–Crippen LogP) is 3.40. The van der Waals surface area contributed by atoms with Crippen molar-refractivity contribution in [2.24, 2.45) is 5.92 Å². The normalized spacial score (nSPS) is 12.4. The van der Waals surface area contributed by atoms with Crippen LogP contribution in [0.4, 0.5) is 0 Å². The molecule has 0 bridgehead atoms. The molecule has 2 N–H and O–H groups in total. The first-order valence-electron chi connectivity index (χ1n) is 6.64. The van der Waals surface area contributed by atoms with Crippen LogP contribution in [0.25, 0.3) is 10.1 Å². The number of fused-ring (bicyclic) bond motifs is 1. The Bertz CT molecular complexity index is 726. The number of rotatable bonds is 5. The van der Waals surface area contributed by atoms with Gasteiger partial charge < -0.3 is 15.2 Å². The van der Waals surface area contributed by atoms with E-state index >= 15 is 0 Å². The Kier molecular flexibility index (Phi) is 4.93. The van der Waals surface area contributed by atoms with Gasteiger partial charge in [-0.3, -0.25) is 4.79 Å². The minimum atomic E-state index is -1.07. The first-order valence-corrected chi connectivity index (χ1v) is 7.84. The summed E-state index contributed by atoms with van der Waals surface area (Å²) in [5.74, 6) is -1.13. The summed E-state index contributed by atoms with van der Waals surface area (Å²) in [6.07, 6.45) is 0. The first-order chi connectivity index (χ1) is 10.3. The van der Waals surface area contributed by atoms with E-state index in [-0.39, 0.29) is 5.92 Å². The molecule has 0 aliphatic carbocycles. The molecule has 5 nitrogen and oxygen atoms in total. The molecule has 0 aliphatic heterocycles. The monoisotopic (exact) mass is 341 g/mol. The molecular formula is C15H16ClNO4S. The minimum absolute atomic E-state index is 0.227. The van der Waals surface area contributed by atoms with Crippen LogP contribution >= 0.6 is 22.9 Å². The molecule has 0 spiro atoms. The summed E-state index contributed by atoms with van der Waals surface area (Å²) in [5.41, 5.74) is 0. The van der Waals surface area contributed by atoms with Gasteiger partial charge >= 0.3 is 5.97 Å². The summed E-state index contributed by atoms with van der Waals surface area (Å²) in [7, 11) is 1.55. The number of carbonyl (C=O) groups excluding carboxylic acids is 1. The number of ether oxygens (including phenoxy) is 1. The molecule has 1 atom stereocenters. The number of carboxylic acid groups (broad SMARTS) is 1. The van der Waals surface area contributed by atoms with E-state index in [1.54, 1.807) is 33.1 Å². The van der Waals surface area contributed by atoms with Crippen molar-refractivity contribution in [3.8, 4) is 5.75 Å². The number of benzene rings is 1. The summed E-state index contributed by atoms with van der Waals surface area (Å²) >= 11 is 7.49. The highest BCUT2D eigenvalue weighted by molar-refractivity contribution is 7.21.